The van der Waals surface area contributed by atoms with E-state index in [1.807, 2.05) is 0 Å². The predicted molar refractivity (Wildman–Crippen MR) is 35.8 cm³/mol. The van der Waals surface area contributed by atoms with E-state index >= 15 is 0 Å². The molecule has 0 saturated carbocycles. The highest BCUT2D eigenvalue weighted by atomic mass is 14.9. The molecule has 46 valence electrons. The van der Waals surface area contributed by atoms with Gasteiger partial charge in [0.05, 0.1) is 0 Å². The first-order valence-electron chi connectivity index (χ1n) is 3.33. The Morgan fingerprint density at radius 2 is 2.62 bits per heavy atom. The minimum absolute atomic E-state index is 0.656. The first-order chi connectivity index (χ1) is 3.93. The maximum Gasteiger partial charge on any atom is 0.0247 e. The van der Waals surface area contributed by atoms with E-state index in [-0.39, 0.29) is 0 Å². The van der Waals surface area contributed by atoms with Gasteiger partial charge in [0.15, 0.2) is 0 Å². The van der Waals surface area contributed by atoms with Crippen molar-refractivity contribution < 1.29 is 0 Å². The summed E-state index contributed by atoms with van der Waals surface area (Å²) in [6.07, 6.45) is 6.93. The molecule has 0 aromatic carbocycles. The minimum Gasteiger partial charge on any atom is -0.310 e. The van der Waals surface area contributed by atoms with Crippen molar-refractivity contribution in [1.82, 2.24) is 5.32 Å². The third-order valence-corrected chi connectivity index (χ3v) is 1.53. The Labute approximate surface area is 50.8 Å². The van der Waals surface area contributed by atoms with Gasteiger partial charge in [-0.2, -0.15) is 0 Å². The molecule has 1 heterocycles. The van der Waals surface area contributed by atoms with Gasteiger partial charge in [-0.25, -0.2) is 0 Å². The van der Waals surface area contributed by atoms with Crippen molar-refractivity contribution in [2.75, 3.05) is 6.54 Å². The van der Waals surface area contributed by atoms with Crippen LogP contribution in [0.2, 0.25) is 0 Å². The highest BCUT2D eigenvalue weighted by Crippen LogP contribution is 1.99. The highest BCUT2D eigenvalue weighted by molar-refractivity contribution is 4.96. The topological polar surface area (TPSA) is 12.0 Å². The second-order valence-corrected chi connectivity index (χ2v) is 2.19. The van der Waals surface area contributed by atoms with Crippen LogP contribution in [0.1, 0.15) is 19.8 Å². The van der Waals surface area contributed by atoms with Crippen molar-refractivity contribution in [3.63, 3.8) is 0 Å². The van der Waals surface area contributed by atoms with E-state index in [1.54, 1.807) is 0 Å². The van der Waals surface area contributed by atoms with Crippen molar-refractivity contribution in [2.24, 2.45) is 0 Å². The predicted octanol–water partition coefficient (Wildman–Crippen LogP) is 1.31. The molecule has 0 saturated heterocycles. The average molecular weight is 111 g/mol. The summed E-state index contributed by atoms with van der Waals surface area (Å²) in [5, 5.41) is 3.38. The fraction of sp³-hybridized carbons (Fsp3) is 0.714. The van der Waals surface area contributed by atoms with E-state index in [4.69, 9.17) is 0 Å². The second kappa shape index (κ2) is 2.88. The Balaban J connectivity index is 2.32. The third-order valence-electron chi connectivity index (χ3n) is 1.53. The fourth-order valence-electron chi connectivity index (χ4n) is 0.961. The lowest BCUT2D eigenvalue weighted by atomic mass is 10.1. The van der Waals surface area contributed by atoms with Crippen molar-refractivity contribution in [3.05, 3.63) is 12.2 Å². The van der Waals surface area contributed by atoms with Crippen LogP contribution in [0.5, 0.6) is 0 Å². The lowest BCUT2D eigenvalue weighted by molar-refractivity contribution is 0.562. The van der Waals surface area contributed by atoms with Gasteiger partial charge in [0.25, 0.3) is 0 Å². The van der Waals surface area contributed by atoms with Crippen LogP contribution < -0.4 is 5.32 Å². The zero-order valence-corrected chi connectivity index (χ0v) is 5.35. The molecule has 1 nitrogen and oxygen atoms in total. The number of nitrogens with one attached hydrogen (secondary N) is 1. The highest BCUT2D eigenvalue weighted by Gasteiger charge is 2.01. The van der Waals surface area contributed by atoms with Crippen LogP contribution in [-0.4, -0.2) is 12.6 Å². The van der Waals surface area contributed by atoms with Crippen LogP contribution in [0.3, 0.4) is 0 Å². The average Bonchev–Trinajstić information content (AvgIpc) is 1.90. The molecule has 0 bridgehead atoms. The Morgan fingerprint density at radius 1 is 1.75 bits per heavy atom. The van der Waals surface area contributed by atoms with E-state index in [1.165, 1.54) is 12.8 Å². The summed E-state index contributed by atoms with van der Waals surface area (Å²) >= 11 is 0. The quantitative estimate of drug-likeness (QED) is 0.503. The zero-order chi connectivity index (χ0) is 5.82. The molecular formula is C7H13N. The maximum atomic E-state index is 3.38. The van der Waals surface area contributed by atoms with Crippen LogP contribution in [0.15, 0.2) is 12.2 Å². The Kier molecular flexibility index (Phi) is 2.10. The minimum atomic E-state index is 0.656. The molecule has 1 aliphatic rings. The molecule has 1 rings (SSSR count). The second-order valence-electron chi connectivity index (χ2n) is 2.19. The van der Waals surface area contributed by atoms with Crippen LogP contribution >= 0.6 is 0 Å². The molecule has 0 fully saturated rings. The summed E-state index contributed by atoms with van der Waals surface area (Å²) in [5.74, 6) is 0. The van der Waals surface area contributed by atoms with Gasteiger partial charge < -0.3 is 5.32 Å². The number of hydrogen-bond donors (Lipinski definition) is 1. The molecule has 0 spiro atoms. The van der Waals surface area contributed by atoms with Crippen LogP contribution in [-0.2, 0) is 0 Å². The SMILES string of the molecule is CCC1C=CCCN1. The van der Waals surface area contributed by atoms with Crippen molar-refractivity contribution in [1.29, 1.82) is 0 Å². The maximum absolute atomic E-state index is 3.38. The summed E-state index contributed by atoms with van der Waals surface area (Å²) in [7, 11) is 0. The summed E-state index contributed by atoms with van der Waals surface area (Å²) < 4.78 is 0. The molecule has 0 aromatic heterocycles. The van der Waals surface area contributed by atoms with Gasteiger partial charge in [-0.1, -0.05) is 19.1 Å². The summed E-state index contributed by atoms with van der Waals surface area (Å²) in [6, 6.07) is 0.656. The number of rotatable bonds is 1. The van der Waals surface area contributed by atoms with Crippen LogP contribution in [0.4, 0.5) is 0 Å². The molecule has 0 aromatic rings. The molecule has 1 N–H and O–H groups in total. The Morgan fingerprint density at radius 3 is 3.00 bits per heavy atom. The largest absolute Gasteiger partial charge is 0.310 e. The molecule has 0 amide bonds. The normalized spacial score (nSPS) is 28.4. The van der Waals surface area contributed by atoms with Gasteiger partial charge >= 0.3 is 0 Å². The van der Waals surface area contributed by atoms with Gasteiger partial charge in [0, 0.05) is 6.04 Å². The van der Waals surface area contributed by atoms with E-state index in [0.717, 1.165) is 6.54 Å². The standard InChI is InChI=1S/C7H13N/c1-2-7-5-3-4-6-8-7/h3,5,7-8H,2,4,6H2,1H3. The van der Waals surface area contributed by atoms with Crippen molar-refractivity contribution in [3.8, 4) is 0 Å². The first kappa shape index (κ1) is 5.83. The summed E-state index contributed by atoms with van der Waals surface area (Å²) in [4.78, 5) is 0. The molecule has 1 unspecified atom stereocenters. The van der Waals surface area contributed by atoms with Gasteiger partial charge in [-0.3, -0.25) is 0 Å². The first-order valence-corrected chi connectivity index (χ1v) is 3.33. The fourth-order valence-corrected chi connectivity index (χ4v) is 0.961. The van der Waals surface area contributed by atoms with E-state index in [0.29, 0.717) is 6.04 Å². The third kappa shape index (κ3) is 1.34. The lowest BCUT2D eigenvalue weighted by Crippen LogP contribution is -2.29. The lowest BCUT2D eigenvalue weighted by Gasteiger charge is -2.15. The van der Waals surface area contributed by atoms with Crippen molar-refractivity contribution in [2.45, 2.75) is 25.8 Å². The Bertz CT molecular complexity index is 86.4. The van der Waals surface area contributed by atoms with E-state index in [2.05, 4.69) is 24.4 Å². The van der Waals surface area contributed by atoms with Gasteiger partial charge in [0.1, 0.15) is 0 Å². The summed E-state index contributed by atoms with van der Waals surface area (Å²) in [6.45, 7) is 3.36. The molecule has 0 aliphatic carbocycles. The molecule has 1 atom stereocenters. The van der Waals surface area contributed by atoms with E-state index in [9.17, 15) is 0 Å². The Hall–Kier alpha value is -0.300. The monoisotopic (exact) mass is 111 g/mol. The van der Waals surface area contributed by atoms with Crippen LogP contribution in [0, 0.1) is 0 Å². The molecular weight excluding hydrogens is 98.1 g/mol. The van der Waals surface area contributed by atoms with Gasteiger partial charge in [0.2, 0.25) is 0 Å². The van der Waals surface area contributed by atoms with Gasteiger partial charge in [-0.15, -0.1) is 0 Å². The molecule has 1 aliphatic heterocycles. The molecule has 8 heavy (non-hydrogen) atoms. The van der Waals surface area contributed by atoms with Gasteiger partial charge in [-0.05, 0) is 19.4 Å². The zero-order valence-electron chi connectivity index (χ0n) is 5.35. The number of hydrogen-bond acceptors (Lipinski definition) is 1. The smallest absolute Gasteiger partial charge is 0.0247 e. The van der Waals surface area contributed by atoms with Crippen molar-refractivity contribution >= 4 is 0 Å². The summed E-state index contributed by atoms with van der Waals surface area (Å²) in [5.41, 5.74) is 0. The van der Waals surface area contributed by atoms with E-state index < -0.39 is 0 Å². The molecule has 1 heteroatoms. The molecule has 0 radical (unpaired) electrons. The van der Waals surface area contributed by atoms with Crippen LogP contribution in [0.25, 0.3) is 0 Å².